The second-order valence-electron chi connectivity index (χ2n) is 6.06. The van der Waals surface area contributed by atoms with Gasteiger partial charge in [0.2, 0.25) is 0 Å². The first-order valence-corrected chi connectivity index (χ1v) is 8.12. The summed E-state index contributed by atoms with van der Waals surface area (Å²) in [6.45, 7) is 2.77. The Bertz CT molecular complexity index is 851. The number of nitrogen functional groups attached to an aromatic ring is 1. The van der Waals surface area contributed by atoms with Crippen LogP contribution in [0.25, 0.3) is 0 Å². The third kappa shape index (κ3) is 3.25. The highest BCUT2D eigenvalue weighted by atomic mass is 35.5. The van der Waals surface area contributed by atoms with Gasteiger partial charge in [0.15, 0.2) is 0 Å². The Morgan fingerprint density at radius 3 is 2.54 bits per heavy atom. The van der Waals surface area contributed by atoms with Gasteiger partial charge in [-0.2, -0.15) is 9.97 Å². The second kappa shape index (κ2) is 6.59. The molecule has 0 fully saturated rings. The van der Waals surface area contributed by atoms with Crippen LogP contribution in [0.1, 0.15) is 11.1 Å². The first kappa shape index (κ1) is 16.4. The smallest absolute Gasteiger partial charge is 0.335 e. The molecule has 0 aliphatic rings. The molecule has 0 aliphatic carbocycles. The summed E-state index contributed by atoms with van der Waals surface area (Å²) < 4.78 is 0.390. The van der Waals surface area contributed by atoms with Crippen molar-refractivity contribution in [2.24, 2.45) is 0 Å². The van der Waals surface area contributed by atoms with Crippen LogP contribution < -0.4 is 10.2 Å². The summed E-state index contributed by atoms with van der Waals surface area (Å²) in [4.78, 5) is 8.97. The minimum absolute atomic E-state index is 0.390. The van der Waals surface area contributed by atoms with E-state index >= 15 is 0 Å². The molecule has 0 saturated heterocycles. The number of hydrogen-bond donors (Lipinski definition) is 1. The number of nitrogens with zero attached hydrogens (tertiary/aromatic N) is 3. The van der Waals surface area contributed by atoms with Crippen molar-refractivity contribution >= 4 is 28.9 Å². The summed E-state index contributed by atoms with van der Waals surface area (Å²) in [5.74, 6) is 0.639. The average molecular weight is 340 g/mol. The Morgan fingerprint density at radius 2 is 1.83 bits per heavy atom. The Hall–Kier alpha value is -2.43. The minimum Gasteiger partial charge on any atom is -0.399 e. The molecule has 0 amide bonds. The molecule has 3 aromatic rings. The molecule has 122 valence electrons. The summed E-state index contributed by atoms with van der Waals surface area (Å²) in [5, 5.41) is 0.430. The van der Waals surface area contributed by atoms with Gasteiger partial charge in [0.1, 0.15) is 17.4 Å². The molecule has 2 aromatic carbocycles. The van der Waals surface area contributed by atoms with Crippen molar-refractivity contribution in [1.29, 1.82) is 0 Å². The van der Waals surface area contributed by atoms with Crippen molar-refractivity contribution < 1.29 is 0 Å². The lowest BCUT2D eigenvalue weighted by molar-refractivity contribution is 0.425. The van der Waals surface area contributed by atoms with Crippen LogP contribution in [0.4, 0.5) is 17.3 Å². The standard InChI is InChI=1S/C19H20ClN4/c1-14-8-9-16(21)12-17(14)24(2,13-15-6-4-3-5-7-15)19-22-11-10-18(20)23-19/h3-12H,13,21H2,1-2H3/q+1. The number of quaternary nitrogens is 1. The minimum atomic E-state index is 0.390. The third-order valence-electron chi connectivity index (χ3n) is 4.16. The zero-order valence-electron chi connectivity index (χ0n) is 13.8. The fourth-order valence-corrected chi connectivity index (χ4v) is 3.07. The van der Waals surface area contributed by atoms with E-state index in [1.807, 2.05) is 36.4 Å². The lowest BCUT2D eigenvalue weighted by atomic mass is 10.1. The van der Waals surface area contributed by atoms with E-state index in [1.165, 1.54) is 5.56 Å². The maximum atomic E-state index is 6.13. The van der Waals surface area contributed by atoms with Gasteiger partial charge in [0.05, 0.1) is 7.05 Å². The van der Waals surface area contributed by atoms with Gasteiger partial charge in [0.25, 0.3) is 0 Å². The Labute approximate surface area is 147 Å². The molecule has 1 aromatic heterocycles. The second-order valence-corrected chi connectivity index (χ2v) is 6.45. The zero-order valence-corrected chi connectivity index (χ0v) is 14.5. The van der Waals surface area contributed by atoms with Crippen LogP contribution in [-0.2, 0) is 6.54 Å². The van der Waals surface area contributed by atoms with Crippen molar-refractivity contribution in [2.45, 2.75) is 13.5 Å². The lowest BCUT2D eigenvalue weighted by Gasteiger charge is -2.32. The number of rotatable bonds is 4. The van der Waals surface area contributed by atoms with Gasteiger partial charge in [0, 0.05) is 29.1 Å². The number of hydrogen-bond acceptors (Lipinski definition) is 3. The van der Waals surface area contributed by atoms with Crippen molar-refractivity contribution in [3.8, 4) is 0 Å². The van der Waals surface area contributed by atoms with Crippen LogP contribution in [0.3, 0.4) is 0 Å². The summed E-state index contributed by atoms with van der Waals surface area (Å²) in [7, 11) is 2.08. The highest BCUT2D eigenvalue weighted by Gasteiger charge is 2.34. The molecular weight excluding hydrogens is 320 g/mol. The van der Waals surface area contributed by atoms with E-state index in [4.69, 9.17) is 17.3 Å². The molecule has 5 heteroatoms. The molecule has 0 aliphatic heterocycles. The van der Waals surface area contributed by atoms with E-state index < -0.39 is 0 Å². The van der Waals surface area contributed by atoms with E-state index in [2.05, 4.69) is 36.1 Å². The van der Waals surface area contributed by atoms with Crippen molar-refractivity contribution in [2.75, 3.05) is 12.8 Å². The van der Waals surface area contributed by atoms with Gasteiger partial charge < -0.3 is 5.73 Å². The van der Waals surface area contributed by atoms with Crippen LogP contribution >= 0.6 is 11.6 Å². The summed E-state index contributed by atoms with van der Waals surface area (Å²) in [5.41, 5.74) is 10.1. The van der Waals surface area contributed by atoms with E-state index in [9.17, 15) is 0 Å². The largest absolute Gasteiger partial charge is 0.399 e. The van der Waals surface area contributed by atoms with Gasteiger partial charge in [-0.3, -0.25) is 0 Å². The molecule has 0 spiro atoms. The number of aryl methyl sites for hydroxylation is 1. The first-order chi connectivity index (χ1) is 11.5. The maximum absolute atomic E-state index is 6.13. The Balaban J connectivity index is 2.18. The maximum Gasteiger partial charge on any atom is 0.335 e. The molecule has 4 nitrogen and oxygen atoms in total. The van der Waals surface area contributed by atoms with Gasteiger partial charge in [-0.25, -0.2) is 4.48 Å². The van der Waals surface area contributed by atoms with Crippen LogP contribution in [0, 0.1) is 6.92 Å². The predicted octanol–water partition coefficient (Wildman–Crippen LogP) is 4.49. The molecule has 0 saturated carbocycles. The van der Waals surface area contributed by atoms with Gasteiger partial charge in [-0.1, -0.05) is 48.0 Å². The normalized spacial score (nSPS) is 13.5. The molecule has 1 unspecified atom stereocenters. The molecule has 3 rings (SSSR count). The third-order valence-corrected chi connectivity index (χ3v) is 4.37. The monoisotopic (exact) mass is 339 g/mol. The van der Waals surface area contributed by atoms with Gasteiger partial charge in [-0.05, 0) is 19.1 Å². The Kier molecular flexibility index (Phi) is 4.51. The van der Waals surface area contributed by atoms with E-state index in [1.54, 1.807) is 12.3 Å². The number of aromatic nitrogens is 2. The fraction of sp³-hybridized carbons (Fsp3) is 0.158. The van der Waals surface area contributed by atoms with Crippen molar-refractivity contribution in [3.05, 3.63) is 77.1 Å². The van der Waals surface area contributed by atoms with Crippen LogP contribution in [0.2, 0.25) is 5.15 Å². The topological polar surface area (TPSA) is 51.8 Å². The molecule has 1 heterocycles. The van der Waals surface area contributed by atoms with E-state index in [-0.39, 0.29) is 0 Å². The van der Waals surface area contributed by atoms with Crippen molar-refractivity contribution in [1.82, 2.24) is 14.5 Å². The van der Waals surface area contributed by atoms with Crippen LogP contribution in [0.15, 0.2) is 60.8 Å². The number of anilines is 1. The summed E-state index contributed by atoms with van der Waals surface area (Å²) >= 11 is 6.13. The quantitative estimate of drug-likeness (QED) is 0.433. The van der Waals surface area contributed by atoms with E-state index in [0.717, 1.165) is 16.9 Å². The summed E-state index contributed by atoms with van der Waals surface area (Å²) in [6, 6.07) is 17.9. The highest BCUT2D eigenvalue weighted by molar-refractivity contribution is 6.29. The SMILES string of the molecule is Cc1ccc(N)cc1[N+](C)(Cc1ccccc1)c1nccc(Cl)n1. The van der Waals surface area contributed by atoms with Crippen molar-refractivity contribution in [3.63, 3.8) is 0 Å². The number of halogens is 1. The molecule has 1 atom stereocenters. The zero-order chi connectivity index (χ0) is 17.2. The first-order valence-electron chi connectivity index (χ1n) is 7.74. The van der Waals surface area contributed by atoms with Crippen LogP contribution in [-0.4, -0.2) is 17.0 Å². The average Bonchev–Trinajstić information content (AvgIpc) is 2.58. The molecular formula is C19H20ClN4+. The Morgan fingerprint density at radius 1 is 1.08 bits per heavy atom. The van der Waals surface area contributed by atoms with Gasteiger partial charge in [-0.15, -0.1) is 0 Å². The fourth-order valence-electron chi connectivity index (χ4n) is 2.94. The number of nitrogens with two attached hydrogens (primary N) is 1. The molecule has 0 bridgehead atoms. The molecule has 0 radical (unpaired) electrons. The van der Waals surface area contributed by atoms with E-state index in [0.29, 0.717) is 22.1 Å². The molecule has 2 N–H and O–H groups in total. The predicted molar refractivity (Wildman–Crippen MR) is 100 cm³/mol. The van der Waals surface area contributed by atoms with Crippen LogP contribution in [0.5, 0.6) is 0 Å². The number of benzene rings is 2. The van der Waals surface area contributed by atoms with Gasteiger partial charge >= 0.3 is 5.95 Å². The molecule has 24 heavy (non-hydrogen) atoms. The lowest BCUT2D eigenvalue weighted by Crippen LogP contribution is -2.41. The summed E-state index contributed by atoms with van der Waals surface area (Å²) in [6.07, 6.45) is 1.69. The highest BCUT2D eigenvalue weighted by Crippen LogP contribution is 2.36.